The molecule has 31 heavy (non-hydrogen) atoms. The average Bonchev–Trinajstić information content (AvgIpc) is 3.45. The summed E-state index contributed by atoms with van der Waals surface area (Å²) in [5, 5.41) is 4.36. The first kappa shape index (κ1) is 18.9. The third-order valence-electron chi connectivity index (χ3n) is 4.83. The summed E-state index contributed by atoms with van der Waals surface area (Å²) in [4.78, 5) is 10.00. The highest BCUT2D eigenvalue weighted by molar-refractivity contribution is 5.69. The van der Waals surface area contributed by atoms with Crippen LogP contribution in [0.3, 0.4) is 0 Å². The number of ether oxygens (including phenoxy) is 1. The van der Waals surface area contributed by atoms with Gasteiger partial charge in [-0.3, -0.25) is 10.3 Å². The molecule has 5 aromatic rings. The van der Waals surface area contributed by atoms with Crippen LogP contribution < -0.4 is 10.2 Å². The number of hydrogen-bond donors (Lipinski definition) is 1. The van der Waals surface area contributed by atoms with Crippen molar-refractivity contribution in [1.82, 2.24) is 19.2 Å². The van der Waals surface area contributed by atoms with E-state index in [1.54, 1.807) is 17.0 Å². The van der Waals surface area contributed by atoms with Gasteiger partial charge in [0.15, 0.2) is 5.75 Å². The zero-order valence-electron chi connectivity index (χ0n) is 17.0. The topological polar surface area (TPSA) is 65.6 Å². The first-order chi connectivity index (χ1) is 15.2. The summed E-state index contributed by atoms with van der Waals surface area (Å²) in [6, 6.07) is 21.5. The summed E-state index contributed by atoms with van der Waals surface area (Å²) >= 11 is 0. The van der Waals surface area contributed by atoms with Crippen LogP contribution in [0.1, 0.15) is 5.56 Å². The molecule has 0 aliphatic rings. The third-order valence-corrected chi connectivity index (χ3v) is 4.83. The second kappa shape index (κ2) is 8.33. The Labute approximate surface area is 179 Å². The number of pyridine rings is 1. The van der Waals surface area contributed by atoms with E-state index in [4.69, 9.17) is 9.57 Å². The summed E-state index contributed by atoms with van der Waals surface area (Å²) in [5.41, 5.74) is 7.59. The quantitative estimate of drug-likeness (QED) is 0.379. The minimum atomic E-state index is 0.485. The Morgan fingerprint density at radius 2 is 1.81 bits per heavy atom. The Kier molecular flexibility index (Phi) is 5.08. The minimum absolute atomic E-state index is 0.485. The van der Waals surface area contributed by atoms with Crippen LogP contribution in [0.2, 0.25) is 0 Å². The van der Waals surface area contributed by atoms with Crippen LogP contribution >= 0.6 is 0 Å². The molecule has 0 atom stereocenters. The van der Waals surface area contributed by atoms with Crippen molar-refractivity contribution in [3.05, 3.63) is 97.2 Å². The molecule has 0 fully saturated rings. The van der Waals surface area contributed by atoms with Gasteiger partial charge in [-0.2, -0.15) is 5.10 Å². The predicted molar refractivity (Wildman–Crippen MR) is 119 cm³/mol. The summed E-state index contributed by atoms with van der Waals surface area (Å²) in [6.07, 6.45) is 7.43. The van der Waals surface area contributed by atoms with Gasteiger partial charge in [-0.25, -0.2) is 9.50 Å². The van der Waals surface area contributed by atoms with E-state index in [1.165, 1.54) is 0 Å². The lowest BCUT2D eigenvalue weighted by Gasteiger charge is -2.11. The van der Waals surface area contributed by atoms with Crippen LogP contribution in [-0.4, -0.2) is 19.2 Å². The molecule has 0 aliphatic carbocycles. The molecule has 154 valence electrons. The molecule has 0 spiro atoms. The fraction of sp³-hybridized carbons (Fsp3) is 0.0833. The monoisotopic (exact) mass is 411 g/mol. The average molecular weight is 411 g/mol. The van der Waals surface area contributed by atoms with Crippen molar-refractivity contribution in [3.8, 4) is 22.8 Å². The number of anilines is 1. The lowest BCUT2D eigenvalue weighted by molar-refractivity contribution is 0.180. The number of nitrogens with one attached hydrogen (secondary N) is 1. The maximum atomic E-state index is 6.18. The van der Waals surface area contributed by atoms with Crippen molar-refractivity contribution in [2.45, 2.75) is 6.61 Å². The van der Waals surface area contributed by atoms with Gasteiger partial charge in [-0.05, 0) is 42.0 Å². The van der Waals surface area contributed by atoms with Crippen LogP contribution in [-0.2, 0) is 18.5 Å². The van der Waals surface area contributed by atoms with Crippen molar-refractivity contribution in [1.29, 1.82) is 0 Å². The number of nitrogens with zero attached hydrogens (tertiary/aromatic N) is 4. The Hall–Kier alpha value is -4.10. The van der Waals surface area contributed by atoms with Crippen molar-refractivity contribution in [2.24, 2.45) is 7.05 Å². The van der Waals surface area contributed by atoms with E-state index in [1.807, 2.05) is 90.7 Å². The number of imidazole rings is 1. The summed E-state index contributed by atoms with van der Waals surface area (Å²) in [7, 11) is 1.94. The van der Waals surface area contributed by atoms with Gasteiger partial charge in [0.05, 0.1) is 30.5 Å². The molecule has 0 aliphatic heterocycles. The summed E-state index contributed by atoms with van der Waals surface area (Å²) in [6.45, 7) is 0.485. The molecular formula is C24H21N5O2. The molecule has 2 aromatic carbocycles. The second-order valence-electron chi connectivity index (χ2n) is 7.18. The van der Waals surface area contributed by atoms with Gasteiger partial charge in [-0.1, -0.05) is 30.3 Å². The number of fused-ring (bicyclic) bond motifs is 1. The first-order valence-electron chi connectivity index (χ1n) is 9.90. The SMILES string of the molecule is Cn1cnc(-c2cc(Oc3ccc(NOCc4ccccc4)cc3)c3ccnn3c2)c1. The second-order valence-corrected chi connectivity index (χ2v) is 7.18. The molecule has 3 aromatic heterocycles. The van der Waals surface area contributed by atoms with E-state index in [-0.39, 0.29) is 0 Å². The van der Waals surface area contributed by atoms with Crippen LogP contribution in [0.4, 0.5) is 5.69 Å². The molecule has 3 heterocycles. The molecular weight excluding hydrogens is 390 g/mol. The maximum absolute atomic E-state index is 6.18. The standard InChI is InChI=1S/C24H21N5O2/c1-28-15-22(25-17-28)19-13-24(23-11-12-26-29(23)14-19)31-21-9-7-20(8-10-21)27-30-16-18-5-3-2-4-6-18/h2-15,17,27H,16H2,1H3. The number of aromatic nitrogens is 4. The summed E-state index contributed by atoms with van der Waals surface area (Å²) < 4.78 is 9.89. The molecule has 0 unspecified atom stereocenters. The van der Waals surface area contributed by atoms with Gasteiger partial charge in [0, 0.05) is 25.0 Å². The fourth-order valence-electron chi connectivity index (χ4n) is 3.28. The molecule has 7 nitrogen and oxygen atoms in total. The van der Waals surface area contributed by atoms with Gasteiger partial charge >= 0.3 is 0 Å². The molecule has 0 radical (unpaired) electrons. The van der Waals surface area contributed by atoms with Gasteiger partial charge < -0.3 is 9.30 Å². The smallest absolute Gasteiger partial charge is 0.153 e. The van der Waals surface area contributed by atoms with Gasteiger partial charge in [-0.15, -0.1) is 0 Å². The highest BCUT2D eigenvalue weighted by Gasteiger charge is 2.11. The van der Waals surface area contributed by atoms with Crippen molar-refractivity contribution >= 4 is 11.2 Å². The molecule has 0 saturated heterocycles. The molecule has 0 bridgehead atoms. The van der Waals surface area contributed by atoms with Gasteiger partial charge in [0.25, 0.3) is 0 Å². The predicted octanol–water partition coefficient (Wildman–Crippen LogP) is 5.07. The fourth-order valence-corrected chi connectivity index (χ4v) is 3.28. The first-order valence-corrected chi connectivity index (χ1v) is 9.90. The third kappa shape index (κ3) is 4.26. The van der Waals surface area contributed by atoms with E-state index < -0.39 is 0 Å². The molecule has 0 amide bonds. The number of benzene rings is 2. The van der Waals surface area contributed by atoms with E-state index >= 15 is 0 Å². The molecule has 5 rings (SSSR count). The number of hydrogen-bond acceptors (Lipinski definition) is 5. The van der Waals surface area contributed by atoms with Crippen molar-refractivity contribution in [3.63, 3.8) is 0 Å². The normalized spacial score (nSPS) is 11.0. The van der Waals surface area contributed by atoms with E-state index in [0.717, 1.165) is 33.8 Å². The molecule has 0 saturated carbocycles. The molecule has 7 heteroatoms. The summed E-state index contributed by atoms with van der Waals surface area (Å²) in [5.74, 6) is 1.43. The highest BCUT2D eigenvalue weighted by Crippen LogP contribution is 2.31. The minimum Gasteiger partial charge on any atom is -0.455 e. The zero-order valence-corrected chi connectivity index (χ0v) is 17.0. The van der Waals surface area contributed by atoms with E-state index in [2.05, 4.69) is 15.6 Å². The zero-order chi connectivity index (χ0) is 21.0. The maximum Gasteiger partial charge on any atom is 0.153 e. The van der Waals surface area contributed by atoms with E-state index in [0.29, 0.717) is 12.4 Å². The molecule has 1 N–H and O–H groups in total. The number of aryl methyl sites for hydroxylation is 1. The van der Waals surface area contributed by atoms with Crippen molar-refractivity contribution in [2.75, 3.05) is 5.48 Å². The van der Waals surface area contributed by atoms with Gasteiger partial charge in [0.1, 0.15) is 11.3 Å². The van der Waals surface area contributed by atoms with Crippen LogP contribution in [0, 0.1) is 0 Å². The Morgan fingerprint density at radius 1 is 0.968 bits per heavy atom. The van der Waals surface area contributed by atoms with Crippen LogP contribution in [0.5, 0.6) is 11.5 Å². The largest absolute Gasteiger partial charge is 0.455 e. The lowest BCUT2D eigenvalue weighted by atomic mass is 10.2. The number of rotatable bonds is 7. The Bertz CT molecular complexity index is 1290. The van der Waals surface area contributed by atoms with E-state index in [9.17, 15) is 0 Å². The lowest BCUT2D eigenvalue weighted by Crippen LogP contribution is -2.01. The van der Waals surface area contributed by atoms with Crippen molar-refractivity contribution < 1.29 is 9.57 Å². The highest BCUT2D eigenvalue weighted by atomic mass is 16.6. The van der Waals surface area contributed by atoms with Gasteiger partial charge in [0.2, 0.25) is 0 Å². The Balaban J connectivity index is 1.31. The van der Waals surface area contributed by atoms with Crippen LogP contribution in [0.15, 0.2) is 91.6 Å². The van der Waals surface area contributed by atoms with Crippen LogP contribution in [0.25, 0.3) is 16.8 Å². The Morgan fingerprint density at radius 3 is 2.58 bits per heavy atom.